The lowest BCUT2D eigenvalue weighted by molar-refractivity contribution is 0.160. The molecule has 1 nitrogen and oxygen atoms in total. The average Bonchev–Trinajstić information content (AvgIpc) is 2.69. The second-order valence-corrected chi connectivity index (χ2v) is 7.73. The van der Waals surface area contributed by atoms with Crippen LogP contribution in [0.2, 0.25) is 0 Å². The van der Waals surface area contributed by atoms with Crippen molar-refractivity contribution in [3.05, 3.63) is 0 Å². The maximum absolute atomic E-state index is 2.73. The molecular formula is C16H31N. The molecule has 0 aromatic heterocycles. The van der Waals surface area contributed by atoms with E-state index in [-0.39, 0.29) is 0 Å². The van der Waals surface area contributed by atoms with Gasteiger partial charge in [0, 0.05) is 6.54 Å². The van der Waals surface area contributed by atoms with Gasteiger partial charge in [0.25, 0.3) is 0 Å². The van der Waals surface area contributed by atoms with E-state index >= 15 is 0 Å². The molecule has 0 aromatic carbocycles. The van der Waals surface area contributed by atoms with Gasteiger partial charge in [-0.1, -0.05) is 27.7 Å². The van der Waals surface area contributed by atoms with Crippen LogP contribution in [-0.2, 0) is 0 Å². The molecule has 0 amide bonds. The molecule has 0 N–H and O–H groups in total. The Bertz CT molecular complexity index is 232. The molecular weight excluding hydrogens is 206 g/mol. The molecule has 100 valence electrons. The monoisotopic (exact) mass is 237 g/mol. The minimum absolute atomic E-state index is 0.533. The summed E-state index contributed by atoms with van der Waals surface area (Å²) in [7, 11) is 0. The van der Waals surface area contributed by atoms with Crippen molar-refractivity contribution in [3.63, 3.8) is 0 Å². The zero-order valence-electron chi connectivity index (χ0n) is 12.3. The zero-order valence-corrected chi connectivity index (χ0v) is 12.3. The van der Waals surface area contributed by atoms with Crippen LogP contribution in [0.4, 0.5) is 0 Å². The number of piperidine rings is 1. The third-order valence-corrected chi connectivity index (χ3v) is 5.16. The van der Waals surface area contributed by atoms with Crippen molar-refractivity contribution in [1.29, 1.82) is 0 Å². The van der Waals surface area contributed by atoms with Gasteiger partial charge < -0.3 is 4.90 Å². The Labute approximate surface area is 108 Å². The summed E-state index contributed by atoms with van der Waals surface area (Å²) in [6, 6.07) is 0. The van der Waals surface area contributed by atoms with E-state index in [1.807, 2.05) is 0 Å². The van der Waals surface area contributed by atoms with E-state index in [1.165, 1.54) is 51.7 Å². The summed E-state index contributed by atoms with van der Waals surface area (Å²) in [5.74, 6) is 2.93. The predicted molar refractivity (Wildman–Crippen MR) is 75.1 cm³/mol. The van der Waals surface area contributed by atoms with Gasteiger partial charge in [0.1, 0.15) is 0 Å². The Morgan fingerprint density at radius 3 is 2.18 bits per heavy atom. The molecule has 1 heteroatoms. The topological polar surface area (TPSA) is 3.24 Å². The van der Waals surface area contributed by atoms with Crippen LogP contribution in [-0.4, -0.2) is 24.5 Å². The van der Waals surface area contributed by atoms with E-state index in [0.29, 0.717) is 5.41 Å². The van der Waals surface area contributed by atoms with Crippen molar-refractivity contribution in [2.45, 2.75) is 59.8 Å². The highest BCUT2D eigenvalue weighted by atomic mass is 15.1. The first-order valence-corrected chi connectivity index (χ1v) is 7.67. The van der Waals surface area contributed by atoms with Crippen molar-refractivity contribution in [1.82, 2.24) is 4.90 Å². The van der Waals surface area contributed by atoms with E-state index in [1.54, 1.807) is 0 Å². The smallest absolute Gasteiger partial charge is 0.000977 e. The van der Waals surface area contributed by atoms with E-state index in [9.17, 15) is 0 Å². The summed E-state index contributed by atoms with van der Waals surface area (Å²) < 4.78 is 0. The average molecular weight is 237 g/mol. The molecule has 2 aliphatic rings. The van der Waals surface area contributed by atoms with Crippen molar-refractivity contribution in [3.8, 4) is 0 Å². The first kappa shape index (κ1) is 13.4. The first-order valence-electron chi connectivity index (χ1n) is 7.67. The Morgan fingerprint density at radius 2 is 1.65 bits per heavy atom. The molecule has 1 aliphatic carbocycles. The Hall–Kier alpha value is -0.0400. The van der Waals surface area contributed by atoms with Gasteiger partial charge in [-0.05, 0) is 68.4 Å². The van der Waals surface area contributed by atoms with Gasteiger partial charge in [-0.15, -0.1) is 0 Å². The van der Waals surface area contributed by atoms with Gasteiger partial charge in [0.05, 0.1) is 0 Å². The summed E-state index contributed by atoms with van der Waals surface area (Å²) in [6.45, 7) is 13.8. The van der Waals surface area contributed by atoms with Gasteiger partial charge in [-0.25, -0.2) is 0 Å². The standard InChI is InChI=1S/C16H31N/c1-13-7-9-17(10-8-13)12-14-5-6-15(11-14)16(2,3)4/h13-15H,5-12H2,1-4H3. The van der Waals surface area contributed by atoms with E-state index in [4.69, 9.17) is 0 Å². The van der Waals surface area contributed by atoms with Gasteiger partial charge in [0.15, 0.2) is 0 Å². The molecule has 2 atom stereocenters. The number of nitrogens with zero attached hydrogens (tertiary/aromatic N) is 1. The molecule has 2 unspecified atom stereocenters. The maximum atomic E-state index is 2.73. The minimum atomic E-state index is 0.533. The van der Waals surface area contributed by atoms with Crippen molar-refractivity contribution in [2.24, 2.45) is 23.2 Å². The Kier molecular flexibility index (Phi) is 4.18. The summed E-state index contributed by atoms with van der Waals surface area (Å²) in [5.41, 5.74) is 0.533. The van der Waals surface area contributed by atoms with Gasteiger partial charge in [0.2, 0.25) is 0 Å². The second-order valence-electron chi connectivity index (χ2n) is 7.73. The predicted octanol–water partition coefficient (Wildman–Crippen LogP) is 4.18. The lowest BCUT2D eigenvalue weighted by atomic mass is 9.79. The summed E-state index contributed by atoms with van der Waals surface area (Å²) >= 11 is 0. The summed E-state index contributed by atoms with van der Waals surface area (Å²) in [6.07, 6.45) is 7.28. The molecule has 17 heavy (non-hydrogen) atoms. The molecule has 0 bridgehead atoms. The molecule has 1 saturated carbocycles. The van der Waals surface area contributed by atoms with Crippen molar-refractivity contribution >= 4 is 0 Å². The lowest BCUT2D eigenvalue weighted by Crippen LogP contribution is -2.36. The molecule has 0 aromatic rings. The highest BCUT2D eigenvalue weighted by molar-refractivity contribution is 4.85. The van der Waals surface area contributed by atoms with Gasteiger partial charge in [-0.2, -0.15) is 0 Å². The minimum Gasteiger partial charge on any atom is -0.303 e. The largest absolute Gasteiger partial charge is 0.303 e. The summed E-state index contributed by atoms with van der Waals surface area (Å²) in [5, 5.41) is 0. The van der Waals surface area contributed by atoms with Crippen molar-refractivity contribution < 1.29 is 0 Å². The fourth-order valence-electron chi connectivity index (χ4n) is 3.64. The van der Waals surface area contributed by atoms with E-state index < -0.39 is 0 Å². The molecule has 0 radical (unpaired) electrons. The highest BCUT2D eigenvalue weighted by Crippen LogP contribution is 2.42. The number of hydrogen-bond acceptors (Lipinski definition) is 1. The molecule has 1 aliphatic heterocycles. The molecule has 1 saturated heterocycles. The van der Waals surface area contributed by atoms with Crippen LogP contribution in [0, 0.1) is 23.2 Å². The fraction of sp³-hybridized carbons (Fsp3) is 1.00. The van der Waals surface area contributed by atoms with E-state index in [0.717, 1.165) is 17.8 Å². The number of likely N-dealkylation sites (tertiary alicyclic amines) is 1. The third-order valence-electron chi connectivity index (χ3n) is 5.16. The van der Waals surface area contributed by atoms with Crippen LogP contribution in [0.25, 0.3) is 0 Å². The highest BCUT2D eigenvalue weighted by Gasteiger charge is 2.33. The second kappa shape index (κ2) is 5.30. The van der Waals surface area contributed by atoms with Crippen LogP contribution in [0.15, 0.2) is 0 Å². The van der Waals surface area contributed by atoms with Crippen LogP contribution in [0.5, 0.6) is 0 Å². The SMILES string of the molecule is CC1CCN(CC2CCC(C(C)(C)C)C2)CC1. The van der Waals surface area contributed by atoms with Crippen molar-refractivity contribution in [2.75, 3.05) is 19.6 Å². The molecule has 0 spiro atoms. The normalized spacial score (nSPS) is 33.2. The van der Waals surface area contributed by atoms with Crippen LogP contribution in [0.1, 0.15) is 59.8 Å². The number of rotatable bonds is 2. The van der Waals surface area contributed by atoms with Crippen LogP contribution in [0.3, 0.4) is 0 Å². The maximum Gasteiger partial charge on any atom is 0.000977 e. The Morgan fingerprint density at radius 1 is 1.00 bits per heavy atom. The zero-order chi connectivity index (χ0) is 12.5. The van der Waals surface area contributed by atoms with E-state index in [2.05, 4.69) is 32.6 Å². The summed E-state index contributed by atoms with van der Waals surface area (Å²) in [4.78, 5) is 2.73. The van der Waals surface area contributed by atoms with Gasteiger partial charge >= 0.3 is 0 Å². The first-order chi connectivity index (χ1) is 7.95. The fourth-order valence-corrected chi connectivity index (χ4v) is 3.64. The van der Waals surface area contributed by atoms with Crippen LogP contribution < -0.4 is 0 Å². The Balaban J connectivity index is 1.74. The lowest BCUT2D eigenvalue weighted by Gasteiger charge is -2.32. The third kappa shape index (κ3) is 3.71. The van der Waals surface area contributed by atoms with Gasteiger partial charge in [-0.3, -0.25) is 0 Å². The molecule has 2 rings (SSSR count). The van der Waals surface area contributed by atoms with Crippen LogP contribution >= 0.6 is 0 Å². The molecule has 2 fully saturated rings. The molecule has 1 heterocycles. The number of hydrogen-bond donors (Lipinski definition) is 0. The quantitative estimate of drug-likeness (QED) is 0.696.